The van der Waals surface area contributed by atoms with Gasteiger partial charge in [-0.1, -0.05) is 23.7 Å². The monoisotopic (exact) mass is 437 g/mol. The summed E-state index contributed by atoms with van der Waals surface area (Å²) < 4.78 is 5.76. The minimum absolute atomic E-state index is 0.0350. The zero-order chi connectivity index (χ0) is 21.3. The third kappa shape index (κ3) is 4.27. The Hall–Kier alpha value is -3.42. The lowest BCUT2D eigenvalue weighted by molar-refractivity contribution is 0.0977. The second-order valence-corrected chi connectivity index (χ2v) is 7.49. The Morgan fingerprint density at radius 2 is 1.97 bits per heavy atom. The SMILES string of the molecule is Cc1ccc2nc(-c3ccc(NC(=S)NC(=O)c4cccc(Cl)c4)cc3O)oc2c1. The summed E-state index contributed by atoms with van der Waals surface area (Å²) in [6.45, 7) is 1.97. The number of anilines is 1. The first-order valence-electron chi connectivity index (χ1n) is 8.97. The van der Waals surface area contributed by atoms with Crippen molar-refractivity contribution in [3.05, 3.63) is 76.8 Å². The molecule has 1 heterocycles. The lowest BCUT2D eigenvalue weighted by atomic mass is 10.2. The Kier molecular flexibility index (Phi) is 5.39. The number of benzene rings is 3. The van der Waals surface area contributed by atoms with Crippen LogP contribution in [0.1, 0.15) is 15.9 Å². The molecule has 0 spiro atoms. The first-order valence-corrected chi connectivity index (χ1v) is 9.76. The zero-order valence-electron chi connectivity index (χ0n) is 15.8. The number of carbonyl (C=O) groups is 1. The number of phenols is 1. The largest absolute Gasteiger partial charge is 0.507 e. The molecule has 3 aromatic carbocycles. The van der Waals surface area contributed by atoms with E-state index in [1.807, 2.05) is 25.1 Å². The maximum atomic E-state index is 12.2. The second kappa shape index (κ2) is 8.14. The van der Waals surface area contributed by atoms with Gasteiger partial charge < -0.3 is 14.8 Å². The van der Waals surface area contributed by atoms with Crippen molar-refractivity contribution in [1.82, 2.24) is 10.3 Å². The van der Waals surface area contributed by atoms with Crippen LogP contribution in [0, 0.1) is 6.92 Å². The molecular formula is C22H16ClN3O3S. The van der Waals surface area contributed by atoms with Gasteiger partial charge in [-0.05, 0) is 67.2 Å². The first kappa shape index (κ1) is 19.9. The van der Waals surface area contributed by atoms with Crippen LogP contribution in [0.25, 0.3) is 22.6 Å². The van der Waals surface area contributed by atoms with Gasteiger partial charge in [0.2, 0.25) is 5.89 Å². The smallest absolute Gasteiger partial charge is 0.257 e. The predicted octanol–water partition coefficient (Wildman–Crippen LogP) is 5.29. The molecule has 0 aliphatic rings. The number of aromatic hydroxyl groups is 1. The van der Waals surface area contributed by atoms with Gasteiger partial charge in [-0.15, -0.1) is 0 Å². The molecule has 3 N–H and O–H groups in total. The van der Waals surface area contributed by atoms with E-state index in [1.165, 1.54) is 6.07 Å². The number of carbonyl (C=O) groups excluding carboxylic acids is 1. The van der Waals surface area contributed by atoms with Crippen LogP contribution in [0.15, 0.2) is 65.1 Å². The highest BCUT2D eigenvalue weighted by atomic mass is 35.5. The van der Waals surface area contributed by atoms with Crippen molar-refractivity contribution in [2.45, 2.75) is 6.92 Å². The van der Waals surface area contributed by atoms with E-state index in [1.54, 1.807) is 36.4 Å². The number of phenolic OH excluding ortho intramolecular Hbond substituents is 1. The van der Waals surface area contributed by atoms with E-state index in [0.717, 1.165) is 5.56 Å². The molecule has 0 unspecified atom stereocenters. The Bertz CT molecular complexity index is 1290. The third-order valence-corrected chi connectivity index (χ3v) is 4.78. The Balaban J connectivity index is 1.48. The number of halogens is 1. The molecule has 1 amide bonds. The van der Waals surface area contributed by atoms with E-state index in [-0.39, 0.29) is 10.9 Å². The molecule has 1 aromatic heterocycles. The van der Waals surface area contributed by atoms with E-state index in [0.29, 0.717) is 38.8 Å². The van der Waals surface area contributed by atoms with Crippen molar-refractivity contribution in [1.29, 1.82) is 0 Å². The normalized spacial score (nSPS) is 10.7. The Morgan fingerprint density at radius 3 is 2.73 bits per heavy atom. The van der Waals surface area contributed by atoms with Gasteiger partial charge >= 0.3 is 0 Å². The Labute approximate surface area is 182 Å². The van der Waals surface area contributed by atoms with Crippen LogP contribution in [0.5, 0.6) is 5.75 Å². The van der Waals surface area contributed by atoms with Crippen LogP contribution in [0.2, 0.25) is 5.02 Å². The number of oxazole rings is 1. The number of rotatable bonds is 3. The summed E-state index contributed by atoms with van der Waals surface area (Å²) in [5.41, 5.74) is 3.75. The number of aromatic nitrogens is 1. The molecule has 0 aliphatic carbocycles. The lowest BCUT2D eigenvalue weighted by Crippen LogP contribution is -2.34. The number of hydrogen-bond acceptors (Lipinski definition) is 5. The minimum atomic E-state index is -0.391. The fourth-order valence-corrected chi connectivity index (χ4v) is 3.31. The van der Waals surface area contributed by atoms with Gasteiger partial charge in [0.1, 0.15) is 11.3 Å². The number of hydrogen-bond donors (Lipinski definition) is 3. The van der Waals surface area contributed by atoms with E-state index < -0.39 is 5.91 Å². The predicted molar refractivity (Wildman–Crippen MR) is 121 cm³/mol. The summed E-state index contributed by atoms with van der Waals surface area (Å²) in [6, 6.07) is 17.1. The van der Waals surface area contributed by atoms with Crippen LogP contribution >= 0.6 is 23.8 Å². The highest BCUT2D eigenvalue weighted by molar-refractivity contribution is 7.80. The van der Waals surface area contributed by atoms with Crippen LogP contribution in [0.3, 0.4) is 0 Å². The molecule has 8 heteroatoms. The van der Waals surface area contributed by atoms with E-state index in [4.69, 9.17) is 28.2 Å². The fraction of sp³-hybridized carbons (Fsp3) is 0.0455. The molecule has 0 aliphatic heterocycles. The van der Waals surface area contributed by atoms with Crippen LogP contribution in [-0.2, 0) is 0 Å². The summed E-state index contributed by atoms with van der Waals surface area (Å²) in [5, 5.41) is 16.4. The number of amides is 1. The van der Waals surface area contributed by atoms with Crippen molar-refractivity contribution in [3.8, 4) is 17.2 Å². The van der Waals surface area contributed by atoms with E-state index in [2.05, 4.69) is 15.6 Å². The highest BCUT2D eigenvalue weighted by Crippen LogP contribution is 2.33. The van der Waals surface area contributed by atoms with Gasteiger partial charge in [-0.25, -0.2) is 4.98 Å². The topological polar surface area (TPSA) is 87.4 Å². The standard InChI is InChI=1S/C22H16ClN3O3S/c1-12-5-8-17-19(9-12)29-21(25-17)16-7-6-15(11-18(16)27)24-22(30)26-20(28)13-3-2-4-14(23)10-13/h2-11,27H,1H3,(H2,24,26,28,30). The van der Waals surface area contributed by atoms with Gasteiger partial charge in [-0.2, -0.15) is 0 Å². The summed E-state index contributed by atoms with van der Waals surface area (Å²) in [6.07, 6.45) is 0. The molecule has 4 aromatic rings. The van der Waals surface area contributed by atoms with Crippen molar-refractivity contribution < 1.29 is 14.3 Å². The minimum Gasteiger partial charge on any atom is -0.507 e. The van der Waals surface area contributed by atoms with Crippen LogP contribution < -0.4 is 10.6 Å². The zero-order valence-corrected chi connectivity index (χ0v) is 17.3. The number of aryl methyl sites for hydroxylation is 1. The second-order valence-electron chi connectivity index (χ2n) is 6.64. The third-order valence-electron chi connectivity index (χ3n) is 4.34. The number of fused-ring (bicyclic) bond motifs is 1. The van der Waals surface area contributed by atoms with Crippen molar-refractivity contribution >= 4 is 51.6 Å². The van der Waals surface area contributed by atoms with Crippen LogP contribution in [0.4, 0.5) is 5.69 Å². The molecule has 0 atom stereocenters. The molecule has 0 radical (unpaired) electrons. The molecule has 30 heavy (non-hydrogen) atoms. The van der Waals surface area contributed by atoms with Gasteiger partial charge in [-0.3, -0.25) is 10.1 Å². The first-order chi connectivity index (χ1) is 14.4. The molecule has 6 nitrogen and oxygen atoms in total. The highest BCUT2D eigenvalue weighted by Gasteiger charge is 2.14. The van der Waals surface area contributed by atoms with Crippen molar-refractivity contribution in [2.75, 3.05) is 5.32 Å². The lowest BCUT2D eigenvalue weighted by Gasteiger charge is -2.11. The maximum Gasteiger partial charge on any atom is 0.257 e. The number of nitrogens with zero attached hydrogens (tertiary/aromatic N) is 1. The van der Waals surface area contributed by atoms with E-state index in [9.17, 15) is 9.90 Å². The fourth-order valence-electron chi connectivity index (χ4n) is 2.90. The average Bonchev–Trinajstić information content (AvgIpc) is 3.10. The molecular weight excluding hydrogens is 422 g/mol. The van der Waals surface area contributed by atoms with E-state index >= 15 is 0 Å². The Morgan fingerprint density at radius 1 is 1.13 bits per heavy atom. The summed E-state index contributed by atoms with van der Waals surface area (Å²) >= 11 is 11.1. The average molecular weight is 438 g/mol. The number of nitrogens with one attached hydrogen (secondary N) is 2. The molecule has 150 valence electrons. The van der Waals surface area contributed by atoms with Crippen molar-refractivity contribution in [3.63, 3.8) is 0 Å². The summed E-state index contributed by atoms with van der Waals surface area (Å²) in [5.74, 6) is -0.110. The quantitative estimate of drug-likeness (QED) is 0.377. The van der Waals surface area contributed by atoms with Crippen LogP contribution in [-0.4, -0.2) is 21.1 Å². The summed E-state index contributed by atoms with van der Waals surface area (Å²) in [7, 11) is 0. The number of thiocarbonyl (C=S) groups is 1. The van der Waals surface area contributed by atoms with Gasteiger partial charge in [0.05, 0.1) is 5.56 Å². The summed E-state index contributed by atoms with van der Waals surface area (Å²) in [4.78, 5) is 16.7. The van der Waals surface area contributed by atoms with Gasteiger partial charge in [0.15, 0.2) is 10.7 Å². The molecule has 0 bridgehead atoms. The molecule has 4 rings (SSSR count). The maximum absolute atomic E-state index is 12.2. The molecule has 0 saturated carbocycles. The van der Waals surface area contributed by atoms with Gasteiger partial charge in [0.25, 0.3) is 5.91 Å². The molecule has 0 fully saturated rings. The van der Waals surface area contributed by atoms with Crippen molar-refractivity contribution in [2.24, 2.45) is 0 Å². The molecule has 0 saturated heterocycles. The van der Waals surface area contributed by atoms with Gasteiger partial charge in [0, 0.05) is 22.3 Å².